The number of likely N-dealkylation sites (tertiary alicyclic amines) is 1. The van der Waals surface area contributed by atoms with Gasteiger partial charge in [0.05, 0.1) is 5.52 Å². The number of aromatic nitrogens is 1. The van der Waals surface area contributed by atoms with E-state index in [0.29, 0.717) is 28.8 Å². The number of carbonyl (C=O) groups is 2. The summed E-state index contributed by atoms with van der Waals surface area (Å²) in [6.07, 6.45) is 1.59. The molecule has 0 spiro atoms. The summed E-state index contributed by atoms with van der Waals surface area (Å²) in [5, 5.41) is 12.3. The molecule has 1 aliphatic heterocycles. The topological polar surface area (TPSA) is 91.8 Å². The maximum Gasteiger partial charge on any atom is 0.325 e. The Labute approximate surface area is 197 Å². The summed E-state index contributed by atoms with van der Waals surface area (Å²) >= 11 is 0. The van der Waals surface area contributed by atoms with Gasteiger partial charge in [0, 0.05) is 42.3 Å². The van der Waals surface area contributed by atoms with E-state index < -0.39 is 17.9 Å². The Morgan fingerprint density at radius 1 is 1.21 bits per heavy atom. The third kappa shape index (κ3) is 5.51. The molecule has 1 amide bonds. The Morgan fingerprint density at radius 2 is 1.94 bits per heavy atom. The zero-order valence-corrected chi connectivity index (χ0v) is 19.3. The highest BCUT2D eigenvalue weighted by Gasteiger charge is 2.24. The second kappa shape index (κ2) is 10.2. The third-order valence-corrected chi connectivity index (χ3v) is 6.06. The molecule has 34 heavy (non-hydrogen) atoms. The summed E-state index contributed by atoms with van der Waals surface area (Å²) in [5.41, 5.74) is 2.86. The van der Waals surface area contributed by atoms with Gasteiger partial charge >= 0.3 is 5.97 Å². The number of carbonyl (C=O) groups excluding carboxylic acids is 1. The highest BCUT2D eigenvalue weighted by molar-refractivity contribution is 5.97. The number of hydrogen-bond acceptors (Lipinski definition) is 5. The van der Waals surface area contributed by atoms with Crippen LogP contribution in [0.2, 0.25) is 0 Å². The number of aliphatic carboxylic acids is 1. The number of piperidine rings is 1. The number of hydrogen-bond donors (Lipinski definition) is 2. The van der Waals surface area contributed by atoms with Gasteiger partial charge in [-0.25, -0.2) is 4.39 Å². The number of carboxylic acids is 1. The molecule has 3 aromatic rings. The number of ether oxygens (including phenoxy) is 1. The van der Waals surface area contributed by atoms with E-state index in [9.17, 15) is 14.0 Å². The minimum atomic E-state index is -1.08. The van der Waals surface area contributed by atoms with Gasteiger partial charge in [-0.15, -0.1) is 0 Å². The summed E-state index contributed by atoms with van der Waals surface area (Å²) in [6.45, 7) is 5.48. The lowest BCUT2D eigenvalue weighted by molar-refractivity contribution is -0.138. The fourth-order valence-electron chi connectivity index (χ4n) is 4.21. The molecule has 1 saturated heterocycles. The molecule has 0 radical (unpaired) electrons. The highest BCUT2D eigenvalue weighted by Crippen LogP contribution is 2.29. The van der Waals surface area contributed by atoms with Crippen LogP contribution in [0, 0.1) is 12.7 Å². The monoisotopic (exact) mass is 465 g/mol. The van der Waals surface area contributed by atoms with E-state index >= 15 is 0 Å². The lowest BCUT2D eigenvalue weighted by atomic mass is 10.0. The number of rotatable bonds is 7. The van der Waals surface area contributed by atoms with Gasteiger partial charge in [0.25, 0.3) is 5.91 Å². The molecule has 1 unspecified atom stereocenters. The van der Waals surface area contributed by atoms with Crippen LogP contribution in [-0.4, -0.2) is 52.1 Å². The third-order valence-electron chi connectivity index (χ3n) is 6.06. The summed E-state index contributed by atoms with van der Waals surface area (Å²) in [6, 6.07) is 12.7. The van der Waals surface area contributed by atoms with E-state index in [2.05, 4.69) is 15.2 Å². The average Bonchev–Trinajstić information content (AvgIpc) is 2.81. The van der Waals surface area contributed by atoms with E-state index in [4.69, 9.17) is 9.84 Å². The number of nitrogens with one attached hydrogen (secondary N) is 1. The lowest BCUT2D eigenvalue weighted by Gasteiger charge is -2.32. The molecule has 4 rings (SSSR count). The minimum Gasteiger partial charge on any atom is -0.490 e. The molecule has 178 valence electrons. The Hall–Kier alpha value is -3.52. The number of aryl methyl sites for hydroxylation is 1. The predicted octanol–water partition coefficient (Wildman–Crippen LogP) is 3.93. The molecule has 8 heteroatoms. The molecule has 0 aliphatic carbocycles. The van der Waals surface area contributed by atoms with Crippen molar-refractivity contribution in [3.8, 4) is 5.75 Å². The first kappa shape index (κ1) is 23.6. The maximum absolute atomic E-state index is 13.8. The Balaban J connectivity index is 1.39. The number of amides is 1. The second-order valence-electron chi connectivity index (χ2n) is 8.71. The van der Waals surface area contributed by atoms with Crippen LogP contribution in [0.3, 0.4) is 0 Å². The Bertz CT molecular complexity index is 1210. The zero-order chi connectivity index (χ0) is 24.2. The van der Waals surface area contributed by atoms with Crippen LogP contribution in [0.15, 0.2) is 48.5 Å². The molecular formula is C26H28FN3O4. The van der Waals surface area contributed by atoms with Gasteiger partial charge in [0.15, 0.2) is 0 Å². The van der Waals surface area contributed by atoms with Crippen molar-refractivity contribution in [1.29, 1.82) is 0 Å². The van der Waals surface area contributed by atoms with Crippen molar-refractivity contribution in [2.24, 2.45) is 0 Å². The minimum absolute atomic E-state index is 0.000485. The molecule has 2 heterocycles. The first-order valence-corrected chi connectivity index (χ1v) is 11.4. The average molecular weight is 466 g/mol. The van der Waals surface area contributed by atoms with Gasteiger partial charge in [-0.1, -0.05) is 18.2 Å². The van der Waals surface area contributed by atoms with Crippen molar-refractivity contribution in [3.05, 3.63) is 71.2 Å². The van der Waals surface area contributed by atoms with E-state index in [-0.39, 0.29) is 11.9 Å². The SMILES string of the molecule is Cc1cc(OC2CCN(Cc3ccccc3C(=O)NC(C)C(=O)O)CC2)c2cc(F)ccc2n1. The van der Waals surface area contributed by atoms with Crippen LogP contribution < -0.4 is 10.1 Å². The molecule has 7 nitrogen and oxygen atoms in total. The summed E-state index contributed by atoms with van der Waals surface area (Å²) in [5.74, 6) is -1.14. The number of benzene rings is 2. The molecule has 1 atom stereocenters. The van der Waals surface area contributed by atoms with Crippen molar-refractivity contribution < 1.29 is 23.8 Å². The summed E-state index contributed by atoms with van der Waals surface area (Å²) in [7, 11) is 0. The molecule has 0 bridgehead atoms. The van der Waals surface area contributed by atoms with Gasteiger partial charge in [0.2, 0.25) is 0 Å². The fourth-order valence-corrected chi connectivity index (χ4v) is 4.21. The molecule has 2 N–H and O–H groups in total. The number of nitrogens with zero attached hydrogens (tertiary/aromatic N) is 2. The van der Waals surface area contributed by atoms with Crippen LogP contribution >= 0.6 is 0 Å². The first-order chi connectivity index (χ1) is 16.3. The molecule has 1 fully saturated rings. The van der Waals surface area contributed by atoms with Crippen LogP contribution in [0.1, 0.15) is 41.4 Å². The normalized spacial score (nSPS) is 15.7. The van der Waals surface area contributed by atoms with Gasteiger partial charge < -0.3 is 15.2 Å². The molecular weight excluding hydrogens is 437 g/mol. The van der Waals surface area contributed by atoms with Crippen molar-refractivity contribution in [2.45, 2.75) is 45.4 Å². The van der Waals surface area contributed by atoms with Crippen molar-refractivity contribution in [3.63, 3.8) is 0 Å². The van der Waals surface area contributed by atoms with Crippen molar-refractivity contribution in [1.82, 2.24) is 15.2 Å². The molecule has 1 aromatic heterocycles. The summed E-state index contributed by atoms with van der Waals surface area (Å²) < 4.78 is 20.1. The standard InChI is InChI=1S/C26H28FN3O4/c1-16-13-24(22-14-19(27)7-8-23(22)28-16)34-20-9-11-30(12-10-20)15-18-5-3-4-6-21(18)25(31)29-17(2)26(32)33/h3-8,13-14,17,20H,9-12,15H2,1-2H3,(H,29,31)(H,32,33). The fraction of sp³-hybridized carbons (Fsp3) is 0.346. The van der Waals surface area contributed by atoms with Gasteiger partial charge in [-0.2, -0.15) is 0 Å². The largest absolute Gasteiger partial charge is 0.490 e. The quantitative estimate of drug-likeness (QED) is 0.549. The summed E-state index contributed by atoms with van der Waals surface area (Å²) in [4.78, 5) is 30.4. The van der Waals surface area contributed by atoms with Crippen LogP contribution in [-0.2, 0) is 11.3 Å². The van der Waals surface area contributed by atoms with E-state index in [0.717, 1.165) is 37.2 Å². The van der Waals surface area contributed by atoms with Crippen LogP contribution in [0.5, 0.6) is 5.75 Å². The molecule has 2 aromatic carbocycles. The van der Waals surface area contributed by atoms with Crippen molar-refractivity contribution >= 4 is 22.8 Å². The van der Waals surface area contributed by atoms with Gasteiger partial charge in [-0.05, 0) is 56.5 Å². The van der Waals surface area contributed by atoms with E-state index in [1.165, 1.54) is 19.1 Å². The number of fused-ring (bicyclic) bond motifs is 1. The predicted molar refractivity (Wildman–Crippen MR) is 126 cm³/mol. The Kier molecular flexibility index (Phi) is 7.07. The lowest BCUT2D eigenvalue weighted by Crippen LogP contribution is -2.40. The van der Waals surface area contributed by atoms with Crippen LogP contribution in [0.4, 0.5) is 4.39 Å². The highest BCUT2D eigenvalue weighted by atomic mass is 19.1. The van der Waals surface area contributed by atoms with E-state index in [1.54, 1.807) is 18.2 Å². The van der Waals surface area contributed by atoms with Gasteiger partial charge in [-0.3, -0.25) is 19.5 Å². The van der Waals surface area contributed by atoms with E-state index in [1.807, 2.05) is 25.1 Å². The first-order valence-electron chi connectivity index (χ1n) is 11.4. The number of pyridine rings is 1. The van der Waals surface area contributed by atoms with Gasteiger partial charge in [0.1, 0.15) is 23.7 Å². The maximum atomic E-state index is 13.8. The van der Waals surface area contributed by atoms with Crippen molar-refractivity contribution in [2.75, 3.05) is 13.1 Å². The molecule has 0 saturated carbocycles. The smallest absolute Gasteiger partial charge is 0.325 e. The number of carboxylic acid groups (broad SMARTS) is 1. The Morgan fingerprint density at radius 3 is 2.68 bits per heavy atom. The number of halogens is 1. The second-order valence-corrected chi connectivity index (χ2v) is 8.71. The van der Waals surface area contributed by atoms with Crippen LogP contribution in [0.25, 0.3) is 10.9 Å². The zero-order valence-electron chi connectivity index (χ0n) is 19.3. The molecule has 1 aliphatic rings.